The Hall–Kier alpha value is -2.82. The highest BCUT2D eigenvalue weighted by Crippen LogP contribution is 2.42. The molecule has 0 aliphatic heterocycles. The summed E-state index contributed by atoms with van der Waals surface area (Å²) in [6.45, 7) is 20.0. The number of esters is 2. The molecular formula is C30H54N2O6. The molecule has 0 radical (unpaired) electrons. The minimum atomic E-state index is -0.992. The van der Waals surface area contributed by atoms with E-state index in [1.807, 2.05) is 0 Å². The van der Waals surface area contributed by atoms with Crippen LogP contribution in [0.5, 0.6) is 0 Å². The maximum absolute atomic E-state index is 12.7. The van der Waals surface area contributed by atoms with Crippen molar-refractivity contribution < 1.29 is 28.7 Å². The zero-order valence-electron chi connectivity index (χ0n) is 25.1. The smallest absolute Gasteiger partial charge is 0.328 e. The van der Waals surface area contributed by atoms with Gasteiger partial charge >= 0.3 is 11.9 Å². The lowest BCUT2D eigenvalue weighted by Crippen LogP contribution is -2.47. The molecule has 0 fully saturated rings. The molecule has 3 atom stereocenters. The van der Waals surface area contributed by atoms with Gasteiger partial charge in [-0.05, 0) is 44.4 Å². The third-order valence-corrected chi connectivity index (χ3v) is 5.98. The maximum atomic E-state index is 12.7. The number of nitrogens with one attached hydrogen (secondary N) is 2. The molecule has 38 heavy (non-hydrogen) atoms. The fourth-order valence-corrected chi connectivity index (χ4v) is 4.01. The molecule has 220 valence electrons. The fraction of sp³-hybridized carbons (Fsp3) is 0.733. The second-order valence-electron chi connectivity index (χ2n) is 9.00. The molecule has 0 saturated carbocycles. The monoisotopic (exact) mass is 538 g/mol. The van der Waals surface area contributed by atoms with E-state index >= 15 is 0 Å². The second kappa shape index (κ2) is 25.8. The lowest BCUT2D eigenvalue weighted by Gasteiger charge is -2.38. The van der Waals surface area contributed by atoms with Crippen LogP contribution in [0.4, 0.5) is 0 Å². The molecule has 0 aromatic rings. The van der Waals surface area contributed by atoms with Crippen molar-refractivity contribution >= 4 is 23.8 Å². The molecule has 0 saturated heterocycles. The molecule has 8 nitrogen and oxygen atoms in total. The average molecular weight is 539 g/mol. The Balaban J connectivity index is -0.00000227. The summed E-state index contributed by atoms with van der Waals surface area (Å²) in [5, 5.41) is 5.21. The van der Waals surface area contributed by atoms with E-state index in [2.05, 4.69) is 64.3 Å². The topological polar surface area (TPSA) is 111 Å². The highest BCUT2D eigenvalue weighted by atomic mass is 16.5. The van der Waals surface area contributed by atoms with Gasteiger partial charge in [-0.15, -0.1) is 25.5 Å². The first-order chi connectivity index (χ1) is 18.1. The van der Waals surface area contributed by atoms with E-state index in [1.54, 1.807) is 13.8 Å². The fourth-order valence-electron chi connectivity index (χ4n) is 4.01. The van der Waals surface area contributed by atoms with Crippen LogP contribution in [0.2, 0.25) is 0 Å². The summed E-state index contributed by atoms with van der Waals surface area (Å²) in [5.41, 5.74) is -0.219. The van der Waals surface area contributed by atoms with Gasteiger partial charge in [-0.1, -0.05) is 53.9 Å². The van der Waals surface area contributed by atoms with Gasteiger partial charge in [0, 0.05) is 19.3 Å². The number of carbonyl (C=O) groups is 4. The van der Waals surface area contributed by atoms with Gasteiger partial charge in [0.15, 0.2) is 0 Å². The Morgan fingerprint density at radius 3 is 2.00 bits per heavy atom. The van der Waals surface area contributed by atoms with Crippen molar-refractivity contribution in [2.24, 2.45) is 11.3 Å². The maximum Gasteiger partial charge on any atom is 0.328 e. The third kappa shape index (κ3) is 18.4. The summed E-state index contributed by atoms with van der Waals surface area (Å²) in [4.78, 5) is 48.9. The predicted molar refractivity (Wildman–Crippen MR) is 154 cm³/mol. The first-order valence-corrected chi connectivity index (χ1v) is 13.9. The van der Waals surface area contributed by atoms with Crippen LogP contribution in [0, 0.1) is 23.7 Å². The van der Waals surface area contributed by atoms with Gasteiger partial charge in [-0.3, -0.25) is 14.4 Å². The van der Waals surface area contributed by atoms with Crippen LogP contribution in [0.25, 0.3) is 0 Å². The van der Waals surface area contributed by atoms with Crippen LogP contribution in [0.3, 0.4) is 0 Å². The molecule has 0 aromatic carbocycles. The molecular weight excluding hydrogens is 484 g/mol. The molecule has 0 bridgehead atoms. The van der Waals surface area contributed by atoms with Gasteiger partial charge in [-0.2, -0.15) is 0 Å². The van der Waals surface area contributed by atoms with E-state index in [0.29, 0.717) is 12.3 Å². The number of hydrogen-bond donors (Lipinski definition) is 2. The highest BCUT2D eigenvalue weighted by molar-refractivity contribution is 5.88. The number of rotatable bonds is 17. The third-order valence-electron chi connectivity index (χ3n) is 5.98. The number of hydrogen-bond acceptors (Lipinski definition) is 6. The van der Waals surface area contributed by atoms with Crippen molar-refractivity contribution in [3.05, 3.63) is 13.2 Å². The van der Waals surface area contributed by atoms with Crippen molar-refractivity contribution in [1.29, 1.82) is 0 Å². The Kier molecular flexibility index (Phi) is 27.0. The van der Waals surface area contributed by atoms with E-state index in [1.165, 1.54) is 6.42 Å². The summed E-state index contributed by atoms with van der Waals surface area (Å²) in [7, 11) is 0. The normalized spacial score (nSPS) is 12.9. The molecule has 2 N–H and O–H groups in total. The van der Waals surface area contributed by atoms with Gasteiger partial charge in [0.05, 0.1) is 19.8 Å². The van der Waals surface area contributed by atoms with Crippen LogP contribution >= 0.6 is 0 Å². The lowest BCUT2D eigenvalue weighted by molar-refractivity contribution is -0.148. The summed E-state index contributed by atoms with van der Waals surface area (Å²) in [5.74, 6) is 1.14. The molecule has 3 unspecified atom stereocenters. The Bertz CT molecular complexity index is 703. The minimum Gasteiger partial charge on any atom is -0.466 e. The first kappa shape index (κ1) is 39.7. The Morgan fingerprint density at radius 2 is 1.53 bits per heavy atom. The average Bonchev–Trinajstić information content (AvgIpc) is 2.90. The highest BCUT2D eigenvalue weighted by Gasteiger charge is 2.36. The second-order valence-corrected chi connectivity index (χ2v) is 9.00. The zero-order chi connectivity index (χ0) is 30.0. The van der Waals surface area contributed by atoms with E-state index in [4.69, 9.17) is 15.9 Å². The van der Waals surface area contributed by atoms with Gasteiger partial charge in [0.1, 0.15) is 6.04 Å². The molecule has 0 heterocycles. The van der Waals surface area contributed by atoms with Crippen LogP contribution < -0.4 is 10.6 Å². The van der Waals surface area contributed by atoms with Crippen molar-refractivity contribution in [3.8, 4) is 12.3 Å². The van der Waals surface area contributed by atoms with Crippen LogP contribution in [-0.4, -0.2) is 49.6 Å². The van der Waals surface area contributed by atoms with Crippen molar-refractivity contribution in [1.82, 2.24) is 10.6 Å². The number of ether oxygens (including phenoxy) is 2. The van der Waals surface area contributed by atoms with Crippen LogP contribution in [-0.2, 0) is 28.7 Å². The van der Waals surface area contributed by atoms with E-state index < -0.39 is 23.9 Å². The quantitative estimate of drug-likeness (QED) is 0.147. The van der Waals surface area contributed by atoms with Crippen molar-refractivity contribution in [2.45, 2.75) is 112 Å². The molecule has 8 heteroatoms. The molecule has 0 rings (SSSR count). The van der Waals surface area contributed by atoms with Crippen molar-refractivity contribution in [2.75, 3.05) is 19.8 Å². The lowest BCUT2D eigenvalue weighted by atomic mass is 9.66. The number of carbonyl (C=O) groups excluding carboxylic acids is 4. The van der Waals surface area contributed by atoms with E-state index in [0.717, 1.165) is 25.7 Å². The predicted octanol–water partition coefficient (Wildman–Crippen LogP) is 5.35. The van der Waals surface area contributed by atoms with Crippen LogP contribution in [0.1, 0.15) is 106 Å². The molecule has 0 aromatic heterocycles. The molecule has 0 aliphatic rings. The molecule has 0 aliphatic carbocycles. The van der Waals surface area contributed by atoms with Crippen molar-refractivity contribution in [3.63, 3.8) is 0 Å². The van der Waals surface area contributed by atoms with Gasteiger partial charge in [0.25, 0.3) is 0 Å². The van der Waals surface area contributed by atoms with Crippen LogP contribution in [0.15, 0.2) is 13.2 Å². The van der Waals surface area contributed by atoms with Gasteiger partial charge < -0.3 is 20.1 Å². The number of amides is 2. The molecule has 2 amide bonds. The van der Waals surface area contributed by atoms with E-state index in [-0.39, 0.29) is 50.3 Å². The first-order valence-electron chi connectivity index (χ1n) is 13.9. The zero-order valence-corrected chi connectivity index (χ0v) is 25.1. The Morgan fingerprint density at radius 1 is 0.947 bits per heavy atom. The Labute approximate surface area is 232 Å². The minimum absolute atomic E-state index is 0.0341. The summed E-state index contributed by atoms with van der Waals surface area (Å²) in [6, 6.07) is -0.992. The van der Waals surface area contributed by atoms with Gasteiger partial charge in [0.2, 0.25) is 11.8 Å². The summed E-state index contributed by atoms with van der Waals surface area (Å²) < 4.78 is 9.85. The SMILES string of the molecule is C#CCCC(CCC)(CC(=O)NCC(=O)NC(CCC(=O)OCC)C(=O)OCC)C(C)CC.C=C.CCC. The number of terminal acetylenes is 1. The summed E-state index contributed by atoms with van der Waals surface area (Å²) in [6.07, 6.45) is 11.1. The molecule has 0 spiro atoms. The van der Waals surface area contributed by atoms with E-state index in [9.17, 15) is 19.2 Å². The largest absolute Gasteiger partial charge is 0.466 e. The van der Waals surface area contributed by atoms with Gasteiger partial charge in [-0.25, -0.2) is 4.79 Å². The standard InChI is InChI=1S/C25H42N2O6.C3H8.C2H4/c1-7-12-16-25(15-8-2,19(6)9-3)17-21(28)26-18-22(29)27-20(24(31)33-11-5)13-14-23(30)32-10-4;1-3-2;1-2/h1,19-20H,8-18H2,2-6H3,(H,26,28)(H,27,29);3H2,1-2H3;1-2H2. The summed E-state index contributed by atoms with van der Waals surface area (Å²) >= 11 is 0.